The molecule has 0 saturated carbocycles. The number of aromatic amines is 1. The predicted molar refractivity (Wildman–Crippen MR) is 155 cm³/mol. The Bertz CT molecular complexity index is 1370. The van der Waals surface area contributed by atoms with Gasteiger partial charge in [0, 0.05) is 44.2 Å². The normalized spacial score (nSPS) is 9.90. The summed E-state index contributed by atoms with van der Waals surface area (Å²) in [6.45, 7) is 4.72. The Kier molecular flexibility index (Phi) is 14.5. The Morgan fingerprint density at radius 3 is 2.50 bits per heavy atom. The van der Waals surface area contributed by atoms with Crippen LogP contribution in [0.3, 0.4) is 0 Å². The number of carboxylic acid groups (broad SMARTS) is 1. The van der Waals surface area contributed by atoms with Crippen molar-refractivity contribution < 1.29 is 29.4 Å². The molecule has 11 heteroatoms. The van der Waals surface area contributed by atoms with Gasteiger partial charge in [-0.05, 0) is 43.2 Å². The molecule has 2 amide bonds. The van der Waals surface area contributed by atoms with Crippen molar-refractivity contribution in [3.8, 4) is 17.7 Å². The molecule has 0 unspecified atom stereocenters. The Labute approximate surface area is 233 Å². The number of nitrogens with two attached hydrogens (primary N) is 1. The number of benzene rings is 2. The summed E-state index contributed by atoms with van der Waals surface area (Å²) in [5, 5.41) is 19.4. The zero-order valence-corrected chi connectivity index (χ0v) is 22.9. The maximum absolute atomic E-state index is 11.4. The van der Waals surface area contributed by atoms with Crippen molar-refractivity contribution in [2.45, 2.75) is 19.8 Å². The number of aromatic hydroxyl groups is 1. The summed E-state index contributed by atoms with van der Waals surface area (Å²) in [6.07, 6.45) is 2.70. The van der Waals surface area contributed by atoms with Crippen LogP contribution in [-0.4, -0.2) is 90.0 Å². The highest BCUT2D eigenvalue weighted by Gasteiger charge is 2.12. The van der Waals surface area contributed by atoms with Crippen LogP contribution >= 0.6 is 0 Å². The lowest BCUT2D eigenvalue weighted by atomic mass is 10.1. The summed E-state index contributed by atoms with van der Waals surface area (Å²) in [4.78, 5) is 49.9. The van der Waals surface area contributed by atoms with E-state index >= 15 is 0 Å². The fourth-order valence-corrected chi connectivity index (χ4v) is 3.45. The van der Waals surface area contributed by atoms with Crippen LogP contribution in [0, 0.1) is 18.8 Å². The molecule has 3 aromatic rings. The van der Waals surface area contributed by atoms with Crippen LogP contribution < -0.4 is 5.73 Å². The van der Waals surface area contributed by atoms with Crippen molar-refractivity contribution in [1.29, 1.82) is 0 Å². The van der Waals surface area contributed by atoms with E-state index in [-0.39, 0.29) is 24.8 Å². The molecule has 1 aromatic heterocycles. The number of hydrogen-bond donors (Lipinski definition) is 4. The number of hydrogen-bond acceptors (Lipinski definition) is 7. The molecule has 2 aromatic carbocycles. The van der Waals surface area contributed by atoms with Crippen molar-refractivity contribution in [3.05, 3.63) is 59.2 Å². The molecule has 0 aliphatic rings. The average molecular weight is 550 g/mol. The zero-order valence-electron chi connectivity index (χ0n) is 22.9. The number of carbonyl (C=O) groups is 4. The van der Waals surface area contributed by atoms with E-state index in [0.717, 1.165) is 27.7 Å². The third kappa shape index (κ3) is 10.8. The number of nitrogens with one attached hydrogen (secondary N) is 1. The van der Waals surface area contributed by atoms with Crippen molar-refractivity contribution >= 4 is 47.9 Å². The second-order valence-electron chi connectivity index (χ2n) is 8.55. The van der Waals surface area contributed by atoms with Crippen LogP contribution in [0.25, 0.3) is 10.9 Å². The monoisotopic (exact) mass is 549 g/mol. The molecule has 212 valence electrons. The first-order valence-corrected chi connectivity index (χ1v) is 12.2. The van der Waals surface area contributed by atoms with Gasteiger partial charge in [-0.15, -0.1) is 0 Å². The number of H-pyrrole nitrogens is 1. The van der Waals surface area contributed by atoms with Crippen LogP contribution in [0.2, 0.25) is 0 Å². The maximum atomic E-state index is 11.4. The molecular formula is C29H35N5O6. The SMILES string of the molecule is C=O.CN(C=O)CC(=O)N(C)CCCC(=O)O.Cc1cccc(N=Cc2c(O)[nH]c3cccc(C#CCN)c23)c1. The van der Waals surface area contributed by atoms with Crippen molar-refractivity contribution in [3.63, 3.8) is 0 Å². The second-order valence-corrected chi connectivity index (χ2v) is 8.55. The molecule has 11 nitrogen and oxygen atoms in total. The fraction of sp³-hybridized carbons (Fsp3) is 0.276. The Hall–Kier alpha value is -4.95. The van der Waals surface area contributed by atoms with Gasteiger partial charge < -0.3 is 35.5 Å². The van der Waals surface area contributed by atoms with Gasteiger partial charge in [-0.1, -0.05) is 30.0 Å². The van der Waals surface area contributed by atoms with Gasteiger partial charge >= 0.3 is 5.97 Å². The Balaban J connectivity index is 0.000000411. The van der Waals surface area contributed by atoms with Gasteiger partial charge in [-0.2, -0.15) is 0 Å². The largest absolute Gasteiger partial charge is 0.494 e. The van der Waals surface area contributed by atoms with Crippen molar-refractivity contribution in [2.24, 2.45) is 10.7 Å². The lowest BCUT2D eigenvalue weighted by molar-refractivity contribution is -0.138. The van der Waals surface area contributed by atoms with E-state index < -0.39 is 5.97 Å². The number of carboxylic acids is 1. The number of rotatable bonds is 9. The van der Waals surface area contributed by atoms with Crippen LogP contribution in [0.5, 0.6) is 5.88 Å². The first-order valence-electron chi connectivity index (χ1n) is 12.2. The third-order valence-electron chi connectivity index (χ3n) is 5.39. The van der Waals surface area contributed by atoms with Gasteiger partial charge in [0.15, 0.2) is 5.88 Å². The number of aromatic nitrogens is 1. The Morgan fingerprint density at radius 2 is 1.88 bits per heavy atom. The molecule has 40 heavy (non-hydrogen) atoms. The quantitative estimate of drug-likeness (QED) is 0.180. The van der Waals surface area contributed by atoms with E-state index in [9.17, 15) is 19.5 Å². The van der Waals surface area contributed by atoms with Gasteiger partial charge in [0.2, 0.25) is 12.3 Å². The van der Waals surface area contributed by atoms with Gasteiger partial charge in [-0.25, -0.2) is 0 Å². The summed E-state index contributed by atoms with van der Waals surface area (Å²) in [5.74, 6) is 4.90. The number of aryl methyl sites for hydroxylation is 1. The number of aliphatic imine (C=N–C) groups is 1. The first kappa shape index (κ1) is 33.1. The molecule has 5 N–H and O–H groups in total. The number of nitrogens with zero attached hydrogens (tertiary/aromatic N) is 3. The highest BCUT2D eigenvalue weighted by Crippen LogP contribution is 2.29. The maximum Gasteiger partial charge on any atom is 0.303 e. The predicted octanol–water partition coefficient (Wildman–Crippen LogP) is 2.46. The lowest BCUT2D eigenvalue weighted by Crippen LogP contribution is -2.36. The smallest absolute Gasteiger partial charge is 0.303 e. The number of carbonyl (C=O) groups excluding carboxylic acids is 3. The van der Waals surface area contributed by atoms with Gasteiger partial charge in [0.25, 0.3) is 0 Å². The van der Waals surface area contributed by atoms with Gasteiger partial charge in [0.1, 0.15) is 6.79 Å². The number of likely N-dealkylation sites (N-methyl/N-ethyl adjacent to an activating group) is 2. The van der Waals surface area contributed by atoms with Crippen LogP contribution in [-0.2, 0) is 19.2 Å². The molecule has 0 radical (unpaired) electrons. The number of fused-ring (bicyclic) bond motifs is 1. The highest BCUT2D eigenvalue weighted by molar-refractivity contribution is 6.05. The summed E-state index contributed by atoms with van der Waals surface area (Å²) in [5.41, 5.74) is 9.69. The lowest BCUT2D eigenvalue weighted by Gasteiger charge is -2.19. The molecule has 0 spiro atoms. The minimum Gasteiger partial charge on any atom is -0.494 e. The summed E-state index contributed by atoms with van der Waals surface area (Å²) < 4.78 is 0. The highest BCUT2D eigenvalue weighted by atomic mass is 16.4. The summed E-state index contributed by atoms with van der Waals surface area (Å²) >= 11 is 0. The standard InChI is InChI=1S/C19H17N3O.C9H16N2O4.CH2O/c1-13-5-2-8-15(11-13)21-12-16-18-14(7-4-10-20)6-3-9-17(18)22-19(16)23;1-10(7-12)6-8(13)11(2)5-3-4-9(14)15;1-2/h2-3,5-6,8-9,11-12,22-23H,10,20H2,1H3;7H,3-6H2,1-2H3,(H,14,15);1H2. The second kappa shape index (κ2) is 17.5. The molecule has 0 atom stereocenters. The molecule has 0 fully saturated rings. The van der Waals surface area contributed by atoms with E-state index in [1.165, 1.54) is 16.8 Å². The van der Waals surface area contributed by atoms with E-state index in [4.69, 9.17) is 15.6 Å². The zero-order chi connectivity index (χ0) is 30.1. The summed E-state index contributed by atoms with van der Waals surface area (Å²) in [6, 6.07) is 13.6. The summed E-state index contributed by atoms with van der Waals surface area (Å²) in [7, 11) is 3.10. The van der Waals surface area contributed by atoms with Crippen molar-refractivity contribution in [1.82, 2.24) is 14.8 Å². The van der Waals surface area contributed by atoms with Crippen LogP contribution in [0.15, 0.2) is 47.5 Å². The fourth-order valence-electron chi connectivity index (χ4n) is 3.45. The van der Waals surface area contributed by atoms with Gasteiger partial charge in [0.05, 0.1) is 29.9 Å². The third-order valence-corrected chi connectivity index (χ3v) is 5.39. The first-order chi connectivity index (χ1) is 19.2. The molecule has 0 aliphatic carbocycles. The van der Waals surface area contributed by atoms with Gasteiger partial charge in [-0.3, -0.25) is 19.4 Å². The molecular weight excluding hydrogens is 514 g/mol. The van der Waals surface area contributed by atoms with Crippen LogP contribution in [0.4, 0.5) is 5.69 Å². The molecule has 0 bridgehead atoms. The van der Waals surface area contributed by atoms with Crippen LogP contribution in [0.1, 0.15) is 29.5 Å². The molecule has 1 heterocycles. The average Bonchev–Trinajstić information content (AvgIpc) is 3.27. The van der Waals surface area contributed by atoms with E-state index in [1.54, 1.807) is 13.3 Å². The molecule has 3 rings (SSSR count). The molecule has 0 aliphatic heterocycles. The Morgan fingerprint density at radius 1 is 1.18 bits per heavy atom. The molecule has 0 saturated heterocycles. The van der Waals surface area contributed by atoms with E-state index in [2.05, 4.69) is 21.8 Å². The minimum absolute atomic E-state index is 0.0209. The number of amides is 2. The topological polar surface area (TPSA) is 169 Å². The van der Waals surface area contributed by atoms with E-state index in [0.29, 0.717) is 31.5 Å². The number of aliphatic carboxylic acids is 1. The minimum atomic E-state index is -0.874. The van der Waals surface area contributed by atoms with Crippen molar-refractivity contribution in [2.75, 3.05) is 33.7 Å². The van der Waals surface area contributed by atoms with E-state index in [1.807, 2.05) is 56.2 Å².